The number of carbonyl (C=O) groups is 1. The molecule has 0 bridgehead atoms. The quantitative estimate of drug-likeness (QED) is 0.687. The van der Waals surface area contributed by atoms with Crippen LogP contribution in [0.1, 0.15) is 57.1 Å². The molecule has 1 unspecified atom stereocenters. The summed E-state index contributed by atoms with van der Waals surface area (Å²) in [6.45, 7) is 10.7. The number of ether oxygens (including phenoxy) is 1. The topological polar surface area (TPSA) is 76.4 Å². The zero-order valence-electron chi connectivity index (χ0n) is 13.6. The second-order valence-electron chi connectivity index (χ2n) is 5.38. The van der Waals surface area contributed by atoms with Crippen molar-refractivity contribution in [2.45, 2.75) is 59.6 Å². The number of thiophene rings is 1. The number of anilines is 2. The molecule has 6 heteroatoms. The van der Waals surface area contributed by atoms with E-state index in [4.69, 9.17) is 10.5 Å². The Kier molecular flexibility index (Phi) is 6.81. The Bertz CT molecular complexity index is 472. The fourth-order valence-corrected chi connectivity index (χ4v) is 2.77. The van der Waals surface area contributed by atoms with E-state index in [9.17, 15) is 4.79 Å². The maximum atomic E-state index is 12.2. The molecule has 1 rings (SSSR count). The Morgan fingerprint density at radius 3 is 2.52 bits per heavy atom. The molecule has 21 heavy (non-hydrogen) atoms. The van der Waals surface area contributed by atoms with Gasteiger partial charge in [-0.05, 0) is 33.6 Å². The normalized spacial score (nSPS) is 12.3. The monoisotopic (exact) mass is 313 g/mol. The van der Waals surface area contributed by atoms with Crippen LogP contribution in [0.5, 0.6) is 5.75 Å². The second kappa shape index (κ2) is 8.12. The van der Waals surface area contributed by atoms with E-state index in [2.05, 4.69) is 24.5 Å². The number of nitrogen functional groups attached to an aromatic ring is 1. The van der Waals surface area contributed by atoms with Gasteiger partial charge in [0.15, 0.2) is 5.75 Å². The highest BCUT2D eigenvalue weighted by Gasteiger charge is 2.23. The molecule has 120 valence electrons. The number of nitrogens with one attached hydrogen (secondary N) is 2. The molecule has 0 radical (unpaired) electrons. The Hall–Kier alpha value is -1.43. The van der Waals surface area contributed by atoms with Crippen LogP contribution in [0, 0.1) is 0 Å². The lowest BCUT2D eigenvalue weighted by Crippen LogP contribution is -2.23. The second-order valence-corrected chi connectivity index (χ2v) is 6.40. The van der Waals surface area contributed by atoms with Crippen molar-refractivity contribution < 1.29 is 9.53 Å². The van der Waals surface area contributed by atoms with Crippen molar-refractivity contribution in [3.05, 3.63) is 4.88 Å². The zero-order chi connectivity index (χ0) is 16.0. The Morgan fingerprint density at radius 2 is 2.00 bits per heavy atom. The van der Waals surface area contributed by atoms with Crippen LogP contribution in [0.15, 0.2) is 0 Å². The van der Waals surface area contributed by atoms with Crippen LogP contribution in [0.3, 0.4) is 0 Å². The van der Waals surface area contributed by atoms with E-state index >= 15 is 0 Å². The molecule has 0 spiro atoms. The van der Waals surface area contributed by atoms with Crippen molar-refractivity contribution >= 4 is 27.9 Å². The van der Waals surface area contributed by atoms with Crippen LogP contribution in [0.2, 0.25) is 0 Å². The first-order valence-corrected chi connectivity index (χ1v) is 8.35. The molecule has 1 aromatic heterocycles. The van der Waals surface area contributed by atoms with Gasteiger partial charge in [0.25, 0.3) is 5.91 Å². The lowest BCUT2D eigenvalue weighted by atomic mass is 10.2. The summed E-state index contributed by atoms with van der Waals surface area (Å²) in [4.78, 5) is 12.7. The number of hydrogen-bond acceptors (Lipinski definition) is 5. The first-order valence-electron chi connectivity index (χ1n) is 7.54. The lowest BCUT2D eigenvalue weighted by molar-refractivity contribution is 0.0958. The van der Waals surface area contributed by atoms with Crippen LogP contribution in [-0.4, -0.2) is 24.6 Å². The molecule has 1 atom stereocenters. The van der Waals surface area contributed by atoms with Gasteiger partial charge in [0.1, 0.15) is 15.6 Å². The van der Waals surface area contributed by atoms with Gasteiger partial charge < -0.3 is 21.1 Å². The third-order valence-electron chi connectivity index (χ3n) is 2.98. The average Bonchev–Trinajstić information content (AvgIpc) is 2.73. The highest BCUT2D eigenvalue weighted by atomic mass is 32.1. The molecule has 0 aromatic carbocycles. The van der Waals surface area contributed by atoms with Crippen LogP contribution in [-0.2, 0) is 0 Å². The van der Waals surface area contributed by atoms with E-state index in [-0.39, 0.29) is 12.0 Å². The van der Waals surface area contributed by atoms with E-state index in [1.807, 2.05) is 20.8 Å². The van der Waals surface area contributed by atoms with Gasteiger partial charge in [0, 0.05) is 12.6 Å². The summed E-state index contributed by atoms with van der Waals surface area (Å²) in [5.74, 6) is 0.460. The number of amides is 1. The standard InChI is InChI=1S/C15H27N3O2S/c1-6-8-17-14(19)13-11(16)12(20-9(3)4)15(21-13)18-10(5)7-2/h9-10,18H,6-8,16H2,1-5H3,(H,17,19). The molecule has 0 aliphatic heterocycles. The van der Waals surface area contributed by atoms with Crippen molar-refractivity contribution in [2.24, 2.45) is 0 Å². The molecule has 0 aliphatic rings. The minimum Gasteiger partial charge on any atom is -0.486 e. The number of carbonyl (C=O) groups excluding carboxylic acids is 1. The minimum absolute atomic E-state index is 0.00550. The highest BCUT2D eigenvalue weighted by Crippen LogP contribution is 2.43. The van der Waals surface area contributed by atoms with Crippen LogP contribution in [0.25, 0.3) is 0 Å². The van der Waals surface area contributed by atoms with Gasteiger partial charge in [-0.15, -0.1) is 11.3 Å². The number of rotatable bonds is 8. The summed E-state index contributed by atoms with van der Waals surface area (Å²) in [6.07, 6.45) is 1.88. The number of nitrogens with two attached hydrogens (primary N) is 1. The van der Waals surface area contributed by atoms with Crippen molar-refractivity contribution in [3.8, 4) is 5.75 Å². The van der Waals surface area contributed by atoms with E-state index < -0.39 is 0 Å². The molecule has 0 aliphatic carbocycles. The SMILES string of the molecule is CCCNC(=O)c1sc(NC(C)CC)c(OC(C)C)c1N. The van der Waals surface area contributed by atoms with Gasteiger partial charge in [-0.3, -0.25) is 4.79 Å². The van der Waals surface area contributed by atoms with Crippen molar-refractivity contribution in [1.82, 2.24) is 5.32 Å². The van der Waals surface area contributed by atoms with E-state index in [0.717, 1.165) is 17.8 Å². The molecule has 0 saturated heterocycles. The Balaban J connectivity index is 3.07. The smallest absolute Gasteiger partial charge is 0.263 e. The molecular formula is C15H27N3O2S. The summed E-state index contributed by atoms with van der Waals surface area (Å²) < 4.78 is 5.80. The van der Waals surface area contributed by atoms with Crippen LogP contribution in [0.4, 0.5) is 10.7 Å². The predicted molar refractivity (Wildman–Crippen MR) is 90.5 cm³/mol. The molecule has 1 amide bonds. The van der Waals surface area contributed by atoms with Crippen molar-refractivity contribution in [2.75, 3.05) is 17.6 Å². The van der Waals surface area contributed by atoms with Gasteiger partial charge in [-0.25, -0.2) is 0 Å². The predicted octanol–water partition coefficient (Wildman–Crippen LogP) is 3.47. The summed E-state index contributed by atoms with van der Waals surface area (Å²) in [7, 11) is 0. The average molecular weight is 313 g/mol. The van der Waals surface area contributed by atoms with Gasteiger partial charge in [-0.2, -0.15) is 0 Å². The Morgan fingerprint density at radius 1 is 1.33 bits per heavy atom. The molecule has 1 aromatic rings. The zero-order valence-corrected chi connectivity index (χ0v) is 14.4. The highest BCUT2D eigenvalue weighted by molar-refractivity contribution is 7.19. The molecule has 1 heterocycles. The molecule has 0 saturated carbocycles. The summed E-state index contributed by atoms with van der Waals surface area (Å²) >= 11 is 1.36. The first kappa shape index (κ1) is 17.6. The van der Waals surface area contributed by atoms with E-state index in [1.54, 1.807) is 0 Å². The first-order chi connectivity index (χ1) is 9.90. The number of hydrogen-bond donors (Lipinski definition) is 3. The lowest BCUT2D eigenvalue weighted by Gasteiger charge is -2.15. The van der Waals surface area contributed by atoms with Gasteiger partial charge in [0.2, 0.25) is 0 Å². The van der Waals surface area contributed by atoms with Crippen molar-refractivity contribution in [3.63, 3.8) is 0 Å². The summed E-state index contributed by atoms with van der Waals surface area (Å²) in [5.41, 5.74) is 6.55. The third kappa shape index (κ3) is 4.81. The Labute approximate surface area is 131 Å². The summed E-state index contributed by atoms with van der Waals surface area (Å²) in [6, 6.07) is 0.295. The maximum absolute atomic E-state index is 12.2. The largest absolute Gasteiger partial charge is 0.486 e. The van der Waals surface area contributed by atoms with Gasteiger partial charge in [0.05, 0.1) is 6.10 Å². The maximum Gasteiger partial charge on any atom is 0.263 e. The van der Waals surface area contributed by atoms with Crippen LogP contribution < -0.4 is 21.1 Å². The minimum atomic E-state index is -0.134. The summed E-state index contributed by atoms with van der Waals surface area (Å²) in [5, 5.41) is 7.06. The molecular weight excluding hydrogens is 286 g/mol. The molecule has 4 N–H and O–H groups in total. The van der Waals surface area contributed by atoms with Gasteiger partial charge >= 0.3 is 0 Å². The molecule has 5 nitrogen and oxygen atoms in total. The fraction of sp³-hybridized carbons (Fsp3) is 0.667. The van der Waals surface area contributed by atoms with E-state index in [1.165, 1.54) is 11.3 Å². The third-order valence-corrected chi connectivity index (χ3v) is 4.10. The van der Waals surface area contributed by atoms with Crippen molar-refractivity contribution in [1.29, 1.82) is 0 Å². The fourth-order valence-electron chi connectivity index (χ4n) is 1.69. The molecule has 0 fully saturated rings. The van der Waals surface area contributed by atoms with Crippen LogP contribution >= 0.6 is 11.3 Å². The van der Waals surface area contributed by atoms with E-state index in [0.29, 0.717) is 28.9 Å². The van der Waals surface area contributed by atoms with Gasteiger partial charge in [-0.1, -0.05) is 13.8 Å².